The van der Waals surface area contributed by atoms with Crippen molar-refractivity contribution in [3.05, 3.63) is 16.6 Å². The minimum atomic E-state index is 0.348. The first-order valence-corrected chi connectivity index (χ1v) is 5.31. The second-order valence-corrected chi connectivity index (χ2v) is 4.13. The molecule has 76 valence electrons. The summed E-state index contributed by atoms with van der Waals surface area (Å²) in [5, 5.41) is 3.29. The van der Waals surface area contributed by atoms with Gasteiger partial charge < -0.3 is 15.8 Å². The summed E-state index contributed by atoms with van der Waals surface area (Å²) in [6.45, 7) is 1.56. The van der Waals surface area contributed by atoms with Gasteiger partial charge in [0.15, 0.2) is 0 Å². The molecule has 2 heterocycles. The molecule has 1 unspecified atom stereocenters. The molecule has 0 aromatic carbocycles. The molecule has 3 N–H and O–H groups in total. The van der Waals surface area contributed by atoms with E-state index in [0.29, 0.717) is 11.9 Å². The number of rotatable bonds is 2. The largest absolute Gasteiger partial charge is 0.384 e. The second kappa shape index (κ2) is 4.14. The van der Waals surface area contributed by atoms with Gasteiger partial charge >= 0.3 is 0 Å². The van der Waals surface area contributed by atoms with E-state index in [1.807, 2.05) is 6.07 Å². The van der Waals surface area contributed by atoms with Crippen LogP contribution in [0.1, 0.15) is 6.42 Å². The maximum absolute atomic E-state index is 5.60. The maximum atomic E-state index is 5.60. The van der Waals surface area contributed by atoms with Crippen molar-refractivity contribution < 1.29 is 4.74 Å². The lowest BCUT2D eigenvalue weighted by molar-refractivity contribution is 0.195. The van der Waals surface area contributed by atoms with E-state index in [9.17, 15) is 0 Å². The number of hydrogen-bond donors (Lipinski definition) is 2. The van der Waals surface area contributed by atoms with Crippen LogP contribution in [0.4, 0.5) is 11.6 Å². The van der Waals surface area contributed by atoms with E-state index < -0.39 is 0 Å². The SMILES string of the molecule is Nc1ccc(Br)c(NC2CCOC2)n1. The summed E-state index contributed by atoms with van der Waals surface area (Å²) in [5.74, 6) is 1.31. The van der Waals surface area contributed by atoms with Crippen LogP contribution in [0.25, 0.3) is 0 Å². The highest BCUT2D eigenvalue weighted by Crippen LogP contribution is 2.23. The third kappa shape index (κ3) is 2.16. The number of aromatic nitrogens is 1. The van der Waals surface area contributed by atoms with Crippen LogP contribution >= 0.6 is 15.9 Å². The lowest BCUT2D eigenvalue weighted by atomic mass is 10.2. The zero-order valence-electron chi connectivity index (χ0n) is 7.66. The number of anilines is 2. The molecular weight excluding hydrogens is 246 g/mol. The lowest BCUT2D eigenvalue weighted by Crippen LogP contribution is -2.20. The Bertz CT molecular complexity index is 326. The van der Waals surface area contributed by atoms with E-state index in [0.717, 1.165) is 29.9 Å². The van der Waals surface area contributed by atoms with Crippen LogP contribution < -0.4 is 11.1 Å². The standard InChI is InChI=1S/C9H12BrN3O/c10-7-1-2-8(11)13-9(7)12-6-3-4-14-5-6/h1-2,6H,3-5H2,(H3,11,12,13). The predicted molar refractivity (Wildman–Crippen MR) is 59.2 cm³/mol. The highest BCUT2D eigenvalue weighted by atomic mass is 79.9. The number of nitrogens with zero attached hydrogens (tertiary/aromatic N) is 1. The number of nitrogens with two attached hydrogens (primary N) is 1. The molecule has 0 bridgehead atoms. The van der Waals surface area contributed by atoms with Gasteiger partial charge in [-0.3, -0.25) is 0 Å². The number of ether oxygens (including phenoxy) is 1. The first kappa shape index (κ1) is 9.73. The summed E-state index contributed by atoms with van der Waals surface area (Å²) in [7, 11) is 0. The summed E-state index contributed by atoms with van der Waals surface area (Å²) in [4.78, 5) is 4.20. The normalized spacial score (nSPS) is 21.1. The molecule has 1 fully saturated rings. The summed E-state index contributed by atoms with van der Waals surface area (Å²) in [6, 6.07) is 4.00. The number of halogens is 1. The van der Waals surface area contributed by atoms with Crippen LogP contribution in [-0.4, -0.2) is 24.2 Å². The van der Waals surface area contributed by atoms with Crippen molar-refractivity contribution in [2.45, 2.75) is 12.5 Å². The topological polar surface area (TPSA) is 60.2 Å². The number of nitrogen functional groups attached to an aromatic ring is 1. The molecule has 0 amide bonds. The minimum absolute atomic E-state index is 0.348. The Morgan fingerprint density at radius 3 is 3.14 bits per heavy atom. The van der Waals surface area contributed by atoms with Gasteiger partial charge in [-0.2, -0.15) is 0 Å². The van der Waals surface area contributed by atoms with Gasteiger partial charge in [0.05, 0.1) is 17.1 Å². The van der Waals surface area contributed by atoms with E-state index in [-0.39, 0.29) is 0 Å². The predicted octanol–water partition coefficient (Wildman–Crippen LogP) is 1.63. The average Bonchev–Trinajstić information content (AvgIpc) is 2.64. The molecule has 1 aliphatic rings. The summed E-state index contributed by atoms with van der Waals surface area (Å²) in [6.07, 6.45) is 1.02. The number of pyridine rings is 1. The molecule has 14 heavy (non-hydrogen) atoms. The van der Waals surface area contributed by atoms with E-state index in [1.165, 1.54) is 0 Å². The number of hydrogen-bond acceptors (Lipinski definition) is 4. The molecule has 1 aromatic rings. The summed E-state index contributed by atoms with van der Waals surface area (Å²) in [5.41, 5.74) is 5.60. The van der Waals surface area contributed by atoms with Crippen molar-refractivity contribution in [2.75, 3.05) is 24.3 Å². The first-order chi connectivity index (χ1) is 6.75. The van der Waals surface area contributed by atoms with Crippen molar-refractivity contribution in [2.24, 2.45) is 0 Å². The fraction of sp³-hybridized carbons (Fsp3) is 0.444. The van der Waals surface area contributed by atoms with Gasteiger partial charge in [0, 0.05) is 6.61 Å². The quantitative estimate of drug-likeness (QED) is 0.846. The van der Waals surface area contributed by atoms with Gasteiger partial charge in [0.25, 0.3) is 0 Å². The van der Waals surface area contributed by atoms with Gasteiger partial charge in [-0.05, 0) is 34.5 Å². The molecule has 1 aromatic heterocycles. The maximum Gasteiger partial charge on any atom is 0.143 e. The van der Waals surface area contributed by atoms with E-state index in [4.69, 9.17) is 10.5 Å². The van der Waals surface area contributed by atoms with Gasteiger partial charge in [-0.1, -0.05) is 0 Å². The Balaban J connectivity index is 2.10. The Morgan fingerprint density at radius 1 is 1.57 bits per heavy atom. The van der Waals surface area contributed by atoms with E-state index in [1.54, 1.807) is 6.07 Å². The first-order valence-electron chi connectivity index (χ1n) is 4.52. The molecule has 0 radical (unpaired) electrons. The second-order valence-electron chi connectivity index (χ2n) is 3.27. The van der Waals surface area contributed by atoms with Crippen molar-refractivity contribution in [3.63, 3.8) is 0 Å². The van der Waals surface area contributed by atoms with Crippen LogP contribution in [-0.2, 0) is 4.74 Å². The number of nitrogens with one attached hydrogen (secondary N) is 1. The van der Waals surface area contributed by atoms with Gasteiger partial charge in [-0.15, -0.1) is 0 Å². The highest BCUT2D eigenvalue weighted by molar-refractivity contribution is 9.10. The molecule has 4 nitrogen and oxygen atoms in total. The van der Waals surface area contributed by atoms with Gasteiger partial charge in [0.1, 0.15) is 11.6 Å². The third-order valence-corrected chi connectivity index (χ3v) is 2.78. The molecule has 1 saturated heterocycles. The van der Waals surface area contributed by atoms with Gasteiger partial charge in [0.2, 0.25) is 0 Å². The molecule has 1 aliphatic heterocycles. The third-order valence-electron chi connectivity index (χ3n) is 2.14. The van der Waals surface area contributed by atoms with Crippen LogP contribution in [0.15, 0.2) is 16.6 Å². The van der Waals surface area contributed by atoms with E-state index >= 15 is 0 Å². The molecule has 0 aliphatic carbocycles. The Hall–Kier alpha value is -0.810. The van der Waals surface area contributed by atoms with Crippen LogP contribution in [0.5, 0.6) is 0 Å². The monoisotopic (exact) mass is 257 g/mol. The van der Waals surface area contributed by atoms with Crippen LogP contribution in [0.3, 0.4) is 0 Å². The molecule has 5 heteroatoms. The summed E-state index contributed by atoms with van der Waals surface area (Å²) >= 11 is 3.42. The van der Waals surface area contributed by atoms with Crippen molar-refractivity contribution in [3.8, 4) is 0 Å². The minimum Gasteiger partial charge on any atom is -0.384 e. The van der Waals surface area contributed by atoms with Crippen molar-refractivity contribution in [1.29, 1.82) is 0 Å². The Morgan fingerprint density at radius 2 is 2.43 bits per heavy atom. The van der Waals surface area contributed by atoms with Crippen LogP contribution in [0, 0.1) is 0 Å². The molecule has 0 spiro atoms. The van der Waals surface area contributed by atoms with Crippen molar-refractivity contribution >= 4 is 27.6 Å². The van der Waals surface area contributed by atoms with E-state index in [2.05, 4.69) is 26.2 Å². The molecule has 2 rings (SSSR count). The highest BCUT2D eigenvalue weighted by Gasteiger charge is 2.16. The van der Waals surface area contributed by atoms with Crippen LogP contribution in [0.2, 0.25) is 0 Å². The average molecular weight is 258 g/mol. The van der Waals surface area contributed by atoms with Gasteiger partial charge in [-0.25, -0.2) is 4.98 Å². The van der Waals surface area contributed by atoms with Crippen molar-refractivity contribution in [1.82, 2.24) is 4.98 Å². The fourth-order valence-electron chi connectivity index (χ4n) is 1.40. The zero-order valence-corrected chi connectivity index (χ0v) is 9.25. The Kier molecular flexibility index (Phi) is 2.88. The zero-order chi connectivity index (χ0) is 9.97. The summed E-state index contributed by atoms with van der Waals surface area (Å²) < 4.78 is 6.19. The smallest absolute Gasteiger partial charge is 0.143 e. The Labute approximate surface area is 91.0 Å². The fourth-order valence-corrected chi connectivity index (χ4v) is 1.74. The molecular formula is C9H12BrN3O. The molecule has 1 atom stereocenters. The lowest BCUT2D eigenvalue weighted by Gasteiger charge is -2.12. The molecule has 0 saturated carbocycles.